The first-order chi connectivity index (χ1) is 9.77. The summed E-state index contributed by atoms with van der Waals surface area (Å²) in [5, 5.41) is 12.0. The van der Waals surface area contributed by atoms with Gasteiger partial charge in [-0.15, -0.1) is 0 Å². The summed E-state index contributed by atoms with van der Waals surface area (Å²) < 4.78 is 39.2. The molecule has 1 aliphatic rings. The molecule has 0 aromatic heterocycles. The molecule has 0 saturated heterocycles. The van der Waals surface area contributed by atoms with Crippen molar-refractivity contribution in [1.82, 2.24) is 5.32 Å². The van der Waals surface area contributed by atoms with Crippen LogP contribution in [0.5, 0.6) is 0 Å². The van der Waals surface area contributed by atoms with Crippen molar-refractivity contribution in [3.8, 4) is 0 Å². The van der Waals surface area contributed by atoms with Gasteiger partial charge in [0.2, 0.25) is 0 Å². The number of nitrogens with one attached hydrogen (secondary N) is 1. The number of aliphatic hydroxyl groups excluding tert-OH is 1. The van der Waals surface area contributed by atoms with Crippen molar-refractivity contribution < 1.29 is 23.1 Å². The molecule has 0 radical (unpaired) electrons. The highest BCUT2D eigenvalue weighted by Crippen LogP contribution is 2.34. The van der Waals surface area contributed by atoms with Gasteiger partial charge in [0.25, 0.3) is 5.91 Å². The summed E-state index contributed by atoms with van der Waals surface area (Å²) >= 11 is 2.98. The van der Waals surface area contributed by atoms with Crippen molar-refractivity contribution in [2.45, 2.75) is 44.0 Å². The number of hydrogen-bond acceptors (Lipinski definition) is 2. The van der Waals surface area contributed by atoms with Crippen LogP contribution in [0.1, 0.15) is 41.6 Å². The lowest BCUT2D eigenvalue weighted by molar-refractivity contribution is -0.138. The summed E-state index contributed by atoms with van der Waals surface area (Å²) in [6.45, 7) is 0. The first-order valence-corrected chi connectivity index (χ1v) is 7.42. The van der Waals surface area contributed by atoms with E-state index in [0.29, 0.717) is 25.7 Å². The Bertz CT molecular complexity index is 525. The van der Waals surface area contributed by atoms with Crippen molar-refractivity contribution >= 4 is 21.8 Å². The molecule has 0 heterocycles. The molecule has 1 saturated carbocycles. The van der Waals surface area contributed by atoms with Gasteiger partial charge in [-0.3, -0.25) is 4.79 Å². The molecule has 2 N–H and O–H groups in total. The van der Waals surface area contributed by atoms with E-state index in [9.17, 15) is 23.1 Å². The Morgan fingerprint density at radius 3 is 2.43 bits per heavy atom. The predicted molar refractivity (Wildman–Crippen MR) is 74.9 cm³/mol. The van der Waals surface area contributed by atoms with Gasteiger partial charge in [0.15, 0.2) is 0 Å². The molecule has 1 amide bonds. The third-order valence-corrected chi connectivity index (χ3v) is 4.06. The fourth-order valence-corrected chi connectivity index (χ4v) is 2.79. The molecule has 1 aromatic carbocycles. The van der Waals surface area contributed by atoms with Crippen LogP contribution in [0.3, 0.4) is 0 Å². The third-order valence-electron chi connectivity index (χ3n) is 3.56. The maximum absolute atomic E-state index is 13.0. The van der Waals surface area contributed by atoms with Gasteiger partial charge in [-0.2, -0.15) is 13.2 Å². The SMILES string of the molecule is O=C(NC1CCC(O)CC1)c1ccc(Br)cc1C(F)(F)F. The van der Waals surface area contributed by atoms with E-state index >= 15 is 0 Å². The molecule has 0 bridgehead atoms. The maximum atomic E-state index is 13.0. The highest BCUT2D eigenvalue weighted by atomic mass is 79.9. The number of amides is 1. The molecule has 2 rings (SSSR count). The Balaban J connectivity index is 2.16. The van der Waals surface area contributed by atoms with E-state index in [4.69, 9.17) is 0 Å². The Labute approximate surface area is 128 Å². The van der Waals surface area contributed by atoms with Gasteiger partial charge in [0.1, 0.15) is 0 Å². The zero-order valence-corrected chi connectivity index (χ0v) is 12.7. The summed E-state index contributed by atoms with van der Waals surface area (Å²) in [5.74, 6) is -0.726. The molecule has 116 valence electrons. The highest BCUT2D eigenvalue weighted by molar-refractivity contribution is 9.10. The largest absolute Gasteiger partial charge is 0.417 e. The molecule has 1 fully saturated rings. The summed E-state index contributed by atoms with van der Waals surface area (Å²) in [4.78, 5) is 12.1. The molecule has 1 aromatic rings. The van der Waals surface area contributed by atoms with Crippen LogP contribution in [-0.2, 0) is 6.18 Å². The van der Waals surface area contributed by atoms with Crippen molar-refractivity contribution in [3.63, 3.8) is 0 Å². The average Bonchev–Trinajstić information content (AvgIpc) is 2.40. The second kappa shape index (κ2) is 6.36. The molecule has 1 aliphatic carbocycles. The third kappa shape index (κ3) is 4.20. The minimum atomic E-state index is -4.58. The van der Waals surface area contributed by atoms with E-state index in [2.05, 4.69) is 21.2 Å². The van der Waals surface area contributed by atoms with Gasteiger partial charge < -0.3 is 10.4 Å². The van der Waals surface area contributed by atoms with Crippen LogP contribution in [0.25, 0.3) is 0 Å². The predicted octanol–water partition coefficient (Wildman–Crippen LogP) is 3.50. The first-order valence-electron chi connectivity index (χ1n) is 6.63. The minimum Gasteiger partial charge on any atom is -0.393 e. The zero-order valence-electron chi connectivity index (χ0n) is 11.1. The van der Waals surface area contributed by atoms with Crippen LogP contribution in [0.4, 0.5) is 13.2 Å². The summed E-state index contributed by atoms with van der Waals surface area (Å²) in [6, 6.07) is 3.29. The van der Waals surface area contributed by atoms with Gasteiger partial charge in [0.05, 0.1) is 17.2 Å². The quantitative estimate of drug-likeness (QED) is 0.842. The number of hydrogen-bond donors (Lipinski definition) is 2. The topological polar surface area (TPSA) is 49.3 Å². The fraction of sp³-hybridized carbons (Fsp3) is 0.500. The lowest BCUT2D eigenvalue weighted by Gasteiger charge is -2.26. The Kier molecular flexibility index (Phi) is 4.93. The zero-order chi connectivity index (χ0) is 15.6. The second-order valence-corrected chi connectivity index (χ2v) is 6.08. The van der Waals surface area contributed by atoms with Crippen molar-refractivity contribution in [1.29, 1.82) is 0 Å². The van der Waals surface area contributed by atoms with Crippen LogP contribution >= 0.6 is 15.9 Å². The van der Waals surface area contributed by atoms with Crippen LogP contribution in [-0.4, -0.2) is 23.2 Å². The normalized spacial score (nSPS) is 22.9. The van der Waals surface area contributed by atoms with Crippen molar-refractivity contribution in [2.75, 3.05) is 0 Å². The second-order valence-electron chi connectivity index (χ2n) is 5.17. The van der Waals surface area contributed by atoms with Crippen molar-refractivity contribution in [3.05, 3.63) is 33.8 Å². The summed E-state index contributed by atoms with van der Waals surface area (Å²) in [5.41, 5.74) is -1.33. The van der Waals surface area contributed by atoms with E-state index in [1.807, 2.05) is 0 Å². The van der Waals surface area contributed by atoms with Crippen LogP contribution < -0.4 is 5.32 Å². The van der Waals surface area contributed by atoms with Crippen LogP contribution in [0, 0.1) is 0 Å². The molecule has 0 atom stereocenters. The summed E-state index contributed by atoms with van der Waals surface area (Å²) in [7, 11) is 0. The molecule has 7 heteroatoms. The summed E-state index contributed by atoms with van der Waals surface area (Å²) in [6.07, 6.45) is -2.71. The fourth-order valence-electron chi connectivity index (χ4n) is 2.43. The van der Waals surface area contributed by atoms with Gasteiger partial charge in [-0.05, 0) is 43.9 Å². The molecule has 0 unspecified atom stereocenters. The van der Waals surface area contributed by atoms with Gasteiger partial charge in [-0.1, -0.05) is 15.9 Å². The average molecular weight is 366 g/mol. The number of rotatable bonds is 2. The van der Waals surface area contributed by atoms with E-state index in [0.717, 1.165) is 6.07 Å². The highest BCUT2D eigenvalue weighted by Gasteiger charge is 2.36. The Hall–Kier alpha value is -1.08. The number of benzene rings is 1. The molecule has 0 aliphatic heterocycles. The first kappa shape index (κ1) is 16.3. The van der Waals surface area contributed by atoms with Crippen molar-refractivity contribution in [2.24, 2.45) is 0 Å². The van der Waals surface area contributed by atoms with E-state index in [1.54, 1.807) is 0 Å². The lowest BCUT2D eigenvalue weighted by Crippen LogP contribution is -2.39. The smallest absolute Gasteiger partial charge is 0.393 e. The molecule has 21 heavy (non-hydrogen) atoms. The van der Waals surface area contributed by atoms with Gasteiger partial charge in [0, 0.05) is 10.5 Å². The number of carbonyl (C=O) groups excluding carboxylic acids is 1. The van der Waals surface area contributed by atoms with E-state index in [-0.39, 0.29) is 22.2 Å². The van der Waals surface area contributed by atoms with Gasteiger partial charge >= 0.3 is 6.18 Å². The molecule has 3 nitrogen and oxygen atoms in total. The number of halogens is 4. The number of carbonyl (C=O) groups is 1. The van der Waals surface area contributed by atoms with Crippen LogP contribution in [0.15, 0.2) is 22.7 Å². The molecule has 0 spiro atoms. The molecular weight excluding hydrogens is 351 g/mol. The monoisotopic (exact) mass is 365 g/mol. The van der Waals surface area contributed by atoms with Crippen LogP contribution in [0.2, 0.25) is 0 Å². The number of aliphatic hydroxyl groups is 1. The van der Waals surface area contributed by atoms with E-state index < -0.39 is 17.6 Å². The Morgan fingerprint density at radius 2 is 1.86 bits per heavy atom. The number of alkyl halides is 3. The molecular formula is C14H15BrF3NO2. The minimum absolute atomic E-state index is 0.189. The maximum Gasteiger partial charge on any atom is 0.417 e. The van der Waals surface area contributed by atoms with Gasteiger partial charge in [-0.25, -0.2) is 0 Å². The lowest BCUT2D eigenvalue weighted by atomic mass is 9.93. The Morgan fingerprint density at radius 1 is 1.24 bits per heavy atom. The standard InChI is InChI=1S/C14H15BrF3NO2/c15-8-1-6-11(12(7-8)14(16,17)18)13(21)19-9-2-4-10(20)5-3-9/h1,6-7,9-10,20H,2-5H2,(H,19,21). The van der Waals surface area contributed by atoms with E-state index in [1.165, 1.54) is 12.1 Å².